The van der Waals surface area contributed by atoms with E-state index in [0.717, 1.165) is 55.9 Å². The van der Waals surface area contributed by atoms with Crippen LogP contribution in [0.5, 0.6) is 11.5 Å². The van der Waals surface area contributed by atoms with E-state index in [1.165, 1.54) is 0 Å². The molecule has 42 heavy (non-hydrogen) atoms. The molecule has 0 atom stereocenters. The van der Waals surface area contributed by atoms with Gasteiger partial charge < -0.3 is 23.6 Å². The van der Waals surface area contributed by atoms with E-state index in [1.807, 2.05) is 68.4 Å². The Kier molecular flexibility index (Phi) is 8.14. The molecule has 1 amide bonds. The van der Waals surface area contributed by atoms with Gasteiger partial charge in [0.25, 0.3) is 5.91 Å². The van der Waals surface area contributed by atoms with Crippen LogP contribution in [0.4, 0.5) is 0 Å². The van der Waals surface area contributed by atoms with Crippen LogP contribution in [0.2, 0.25) is 0 Å². The molecular formula is C34H33N3O5. The molecule has 0 radical (unpaired) electrons. The summed E-state index contributed by atoms with van der Waals surface area (Å²) in [6.45, 7) is 5.90. The van der Waals surface area contributed by atoms with E-state index in [4.69, 9.17) is 18.7 Å². The average molecular weight is 564 g/mol. The van der Waals surface area contributed by atoms with Crippen LogP contribution < -0.4 is 9.47 Å². The summed E-state index contributed by atoms with van der Waals surface area (Å²) in [7, 11) is 0. The van der Waals surface area contributed by atoms with Crippen molar-refractivity contribution in [3.63, 3.8) is 0 Å². The minimum Gasteiger partial charge on any atom is -0.491 e. The van der Waals surface area contributed by atoms with Gasteiger partial charge in [0.15, 0.2) is 6.61 Å². The highest BCUT2D eigenvalue weighted by Crippen LogP contribution is 2.32. The third-order valence-electron chi connectivity index (χ3n) is 7.43. The largest absolute Gasteiger partial charge is 0.491 e. The second-order valence-electron chi connectivity index (χ2n) is 10.4. The first-order chi connectivity index (χ1) is 20.5. The maximum absolute atomic E-state index is 13.4. The zero-order valence-electron chi connectivity index (χ0n) is 23.8. The predicted molar refractivity (Wildman–Crippen MR) is 160 cm³/mol. The number of hydrogen-bond donors (Lipinski definition) is 0. The lowest BCUT2D eigenvalue weighted by molar-refractivity contribution is -0.134. The first-order valence-electron chi connectivity index (χ1n) is 14.1. The van der Waals surface area contributed by atoms with Gasteiger partial charge in [-0.05, 0) is 60.4 Å². The van der Waals surface area contributed by atoms with E-state index in [-0.39, 0.29) is 12.5 Å². The van der Waals surface area contributed by atoms with E-state index in [1.54, 1.807) is 11.1 Å². The number of carbonyl (C=O) groups is 1. The monoisotopic (exact) mass is 563 g/mol. The number of amides is 1. The first-order valence-corrected chi connectivity index (χ1v) is 14.1. The lowest BCUT2D eigenvalue weighted by Gasteiger charge is -2.24. The molecule has 3 heterocycles. The van der Waals surface area contributed by atoms with Gasteiger partial charge in [0.1, 0.15) is 29.4 Å². The summed E-state index contributed by atoms with van der Waals surface area (Å²) >= 11 is 0. The fourth-order valence-corrected chi connectivity index (χ4v) is 5.39. The van der Waals surface area contributed by atoms with Gasteiger partial charge in [0, 0.05) is 36.7 Å². The van der Waals surface area contributed by atoms with Crippen molar-refractivity contribution in [3.8, 4) is 22.6 Å². The average Bonchev–Trinajstić information content (AvgIpc) is 3.34. The summed E-state index contributed by atoms with van der Waals surface area (Å²) in [4.78, 5) is 19.6. The molecule has 0 spiro atoms. The van der Waals surface area contributed by atoms with Crippen LogP contribution in [0.1, 0.15) is 28.1 Å². The molecule has 1 aliphatic rings. The van der Waals surface area contributed by atoms with Crippen LogP contribution in [0, 0.1) is 13.8 Å². The second kappa shape index (κ2) is 12.4. The molecule has 8 nitrogen and oxygen atoms in total. The van der Waals surface area contributed by atoms with Gasteiger partial charge in [-0.2, -0.15) is 0 Å². The number of para-hydroxylation sites is 1. The highest BCUT2D eigenvalue weighted by Gasteiger charge is 2.18. The van der Waals surface area contributed by atoms with Gasteiger partial charge in [-0.15, -0.1) is 0 Å². The summed E-state index contributed by atoms with van der Waals surface area (Å²) in [5.74, 6) is 2.09. The molecule has 3 aromatic carbocycles. The number of aryl methyl sites for hydroxylation is 2. The molecule has 0 N–H and O–H groups in total. The van der Waals surface area contributed by atoms with Crippen molar-refractivity contribution in [2.75, 3.05) is 33.0 Å². The number of pyridine rings is 1. The summed E-state index contributed by atoms with van der Waals surface area (Å²) in [6.07, 6.45) is 2.40. The van der Waals surface area contributed by atoms with Crippen LogP contribution in [-0.4, -0.2) is 53.9 Å². The van der Waals surface area contributed by atoms with Crippen molar-refractivity contribution in [3.05, 3.63) is 107 Å². The van der Waals surface area contributed by atoms with Gasteiger partial charge in [0.05, 0.1) is 18.9 Å². The molecule has 0 unspecified atom stereocenters. The molecule has 0 fully saturated rings. The zero-order chi connectivity index (χ0) is 28.9. The summed E-state index contributed by atoms with van der Waals surface area (Å²) in [6, 6.07) is 24.1. The van der Waals surface area contributed by atoms with E-state index >= 15 is 0 Å². The normalized spacial score (nSPS) is 14.1. The maximum Gasteiger partial charge on any atom is 0.260 e. The fraction of sp³-hybridized carbons (Fsp3) is 0.265. The Hall–Kier alpha value is -4.69. The highest BCUT2D eigenvalue weighted by atomic mass is 16.5. The maximum atomic E-state index is 13.4. The van der Waals surface area contributed by atoms with Crippen molar-refractivity contribution < 1.29 is 23.5 Å². The van der Waals surface area contributed by atoms with Crippen LogP contribution in [-0.2, 0) is 22.5 Å². The van der Waals surface area contributed by atoms with Crippen molar-refractivity contribution in [2.24, 2.45) is 0 Å². The molecule has 5 aromatic rings. The van der Waals surface area contributed by atoms with Crippen molar-refractivity contribution in [1.29, 1.82) is 0 Å². The van der Waals surface area contributed by atoms with Gasteiger partial charge in [-0.25, -0.2) is 0 Å². The number of hydrogen-bond acceptors (Lipinski definition) is 7. The second-order valence-corrected chi connectivity index (χ2v) is 10.4. The van der Waals surface area contributed by atoms with Gasteiger partial charge in [-0.1, -0.05) is 53.7 Å². The summed E-state index contributed by atoms with van der Waals surface area (Å²) < 4.78 is 23.4. The van der Waals surface area contributed by atoms with E-state index in [2.05, 4.69) is 28.3 Å². The number of nitrogens with zero attached hydrogens (tertiary/aromatic N) is 3. The minimum absolute atomic E-state index is 0.0870. The number of fused-ring (bicyclic) bond motifs is 4. The van der Waals surface area contributed by atoms with E-state index in [9.17, 15) is 4.79 Å². The molecule has 0 saturated heterocycles. The topological polar surface area (TPSA) is 86.9 Å². The highest BCUT2D eigenvalue weighted by molar-refractivity contribution is 5.85. The molecule has 2 bridgehead atoms. The van der Waals surface area contributed by atoms with Crippen LogP contribution in [0.15, 0.2) is 83.5 Å². The summed E-state index contributed by atoms with van der Waals surface area (Å²) in [5, 5.41) is 5.09. The van der Waals surface area contributed by atoms with Gasteiger partial charge >= 0.3 is 0 Å². The van der Waals surface area contributed by atoms with Crippen LogP contribution in [0.25, 0.3) is 22.0 Å². The number of carbonyl (C=O) groups excluding carboxylic acids is 1. The zero-order valence-corrected chi connectivity index (χ0v) is 23.8. The fourth-order valence-electron chi connectivity index (χ4n) is 5.39. The molecule has 0 aliphatic carbocycles. The standard InChI is InChI=1S/C34H33N3O5/c1-23-33(24(2)42-36-23)28-11-12-30-29(20-28)19-25-6-3-7-26(18-25)21-37(14-15-39-16-17-40-30)32(38)22-41-31-10-4-8-27-9-5-13-35-34(27)31/h3-13,18,20H,14-17,19,21-22H2,1-2H3. The number of rotatable bonds is 4. The molecule has 8 heteroatoms. The Morgan fingerprint density at radius 1 is 0.952 bits per heavy atom. The van der Waals surface area contributed by atoms with Crippen LogP contribution in [0.3, 0.4) is 0 Å². The quantitative estimate of drug-likeness (QED) is 0.269. The lowest BCUT2D eigenvalue weighted by Crippen LogP contribution is -2.37. The van der Waals surface area contributed by atoms with Crippen molar-refractivity contribution in [2.45, 2.75) is 26.8 Å². The van der Waals surface area contributed by atoms with E-state index in [0.29, 0.717) is 45.1 Å². The lowest BCUT2D eigenvalue weighted by atomic mass is 9.96. The van der Waals surface area contributed by atoms with Gasteiger partial charge in [0.2, 0.25) is 0 Å². The molecule has 6 rings (SSSR count). The predicted octanol–water partition coefficient (Wildman–Crippen LogP) is 5.91. The van der Waals surface area contributed by atoms with E-state index < -0.39 is 0 Å². The Morgan fingerprint density at radius 2 is 1.81 bits per heavy atom. The third-order valence-corrected chi connectivity index (χ3v) is 7.43. The molecular weight excluding hydrogens is 530 g/mol. The first kappa shape index (κ1) is 27.5. The molecule has 1 aliphatic heterocycles. The van der Waals surface area contributed by atoms with Crippen LogP contribution >= 0.6 is 0 Å². The Labute approximate surface area is 244 Å². The molecule has 2 aromatic heterocycles. The smallest absolute Gasteiger partial charge is 0.260 e. The Bertz CT molecular complexity index is 1690. The Balaban J connectivity index is 1.23. The number of benzene rings is 3. The SMILES string of the molecule is Cc1noc(C)c1-c1ccc2c(c1)Cc1cccc(c1)CN(C(=O)COc1cccc3cccnc13)CCOCCO2. The summed E-state index contributed by atoms with van der Waals surface area (Å²) in [5.41, 5.74) is 6.87. The third kappa shape index (κ3) is 6.14. The minimum atomic E-state index is -0.116. The Morgan fingerprint density at radius 3 is 2.69 bits per heavy atom. The number of ether oxygens (including phenoxy) is 3. The van der Waals surface area contributed by atoms with Gasteiger partial charge in [-0.3, -0.25) is 9.78 Å². The van der Waals surface area contributed by atoms with Crippen molar-refractivity contribution >= 4 is 16.8 Å². The molecule has 0 saturated carbocycles. The number of aromatic nitrogens is 2. The van der Waals surface area contributed by atoms with Crippen molar-refractivity contribution in [1.82, 2.24) is 15.0 Å². The molecule has 214 valence electrons.